The molecule has 52 heavy (non-hydrogen) atoms. The largest absolute Gasteiger partial charge is 0.345 e. The summed E-state index contributed by atoms with van der Waals surface area (Å²) >= 11 is 0. The van der Waals surface area contributed by atoms with E-state index in [1.54, 1.807) is 16.6 Å². The van der Waals surface area contributed by atoms with E-state index in [4.69, 9.17) is 4.52 Å². The van der Waals surface area contributed by atoms with Gasteiger partial charge in [-0.25, -0.2) is 13.9 Å². The van der Waals surface area contributed by atoms with E-state index in [1.165, 1.54) is 18.0 Å². The Labute approximate surface area is 301 Å². The number of aromatic nitrogens is 5. The molecule has 7 rings (SSSR count). The fourth-order valence-electron chi connectivity index (χ4n) is 7.04. The van der Waals surface area contributed by atoms with Crippen molar-refractivity contribution in [1.29, 1.82) is 0 Å². The first-order chi connectivity index (χ1) is 24.9. The number of halogens is 1. The molecule has 1 unspecified atom stereocenters. The Bertz CT molecular complexity index is 2130. The van der Waals surface area contributed by atoms with Crippen LogP contribution in [0.1, 0.15) is 98.1 Å². The Hall–Kier alpha value is -5.30. The van der Waals surface area contributed by atoms with E-state index in [0.717, 1.165) is 55.5 Å². The smallest absolute Gasteiger partial charge is 0.292 e. The van der Waals surface area contributed by atoms with Crippen LogP contribution in [0.4, 0.5) is 4.39 Å². The van der Waals surface area contributed by atoms with Crippen molar-refractivity contribution in [3.63, 3.8) is 0 Å². The zero-order valence-electron chi connectivity index (χ0n) is 29.9. The number of piperidine rings is 2. The summed E-state index contributed by atoms with van der Waals surface area (Å²) < 4.78 is 22.2. The summed E-state index contributed by atoms with van der Waals surface area (Å²) in [5.41, 5.74) is 4.63. The van der Waals surface area contributed by atoms with E-state index in [-0.39, 0.29) is 24.2 Å². The Balaban J connectivity index is 0.935. The fourth-order valence-corrected chi connectivity index (χ4v) is 7.04. The highest BCUT2D eigenvalue weighted by Crippen LogP contribution is 2.35. The minimum Gasteiger partial charge on any atom is -0.345 e. The van der Waals surface area contributed by atoms with Crippen LogP contribution in [0.5, 0.6) is 0 Å². The summed E-state index contributed by atoms with van der Waals surface area (Å²) in [7, 11) is 0. The Kier molecular flexibility index (Phi) is 9.47. The van der Waals surface area contributed by atoms with Crippen molar-refractivity contribution in [3.05, 3.63) is 101 Å². The van der Waals surface area contributed by atoms with Gasteiger partial charge in [-0.05, 0) is 80.4 Å². The van der Waals surface area contributed by atoms with Crippen molar-refractivity contribution in [1.82, 2.24) is 40.3 Å². The van der Waals surface area contributed by atoms with Crippen LogP contribution in [0, 0.1) is 5.82 Å². The Morgan fingerprint density at radius 2 is 1.87 bits per heavy atom. The Morgan fingerprint density at radius 1 is 1.10 bits per heavy atom. The third-order valence-corrected chi connectivity index (χ3v) is 10.4. The molecule has 0 aliphatic carbocycles. The minimum absolute atomic E-state index is 0.0358. The molecule has 0 radical (unpaired) electrons. The first-order valence-corrected chi connectivity index (χ1v) is 17.8. The van der Waals surface area contributed by atoms with E-state index in [1.807, 2.05) is 33.9 Å². The normalized spacial score (nSPS) is 18.9. The average Bonchev–Trinajstić information content (AvgIpc) is 3.81. The number of fused-ring (bicyclic) bond motifs is 1. The molecule has 2 N–H and O–H groups in total. The number of likely N-dealkylation sites (tertiary alicyclic amines) is 1. The van der Waals surface area contributed by atoms with Crippen molar-refractivity contribution >= 4 is 23.2 Å². The molecule has 3 aromatic heterocycles. The molecule has 1 atom stereocenters. The first-order valence-electron chi connectivity index (χ1n) is 17.8. The molecule has 2 aliphatic heterocycles. The van der Waals surface area contributed by atoms with Crippen molar-refractivity contribution in [2.24, 2.45) is 0 Å². The van der Waals surface area contributed by atoms with Gasteiger partial charge < -0.3 is 14.7 Å². The quantitative estimate of drug-likeness (QED) is 0.196. The van der Waals surface area contributed by atoms with Crippen LogP contribution in [0.25, 0.3) is 16.8 Å². The summed E-state index contributed by atoms with van der Waals surface area (Å²) in [6.07, 6.45) is 7.31. The number of carbonyl (C=O) groups excluding carboxylic acids is 3. The number of nitrogens with one attached hydrogen (secondary N) is 2. The van der Waals surface area contributed by atoms with Crippen molar-refractivity contribution in [2.45, 2.75) is 83.1 Å². The van der Waals surface area contributed by atoms with Gasteiger partial charge in [0, 0.05) is 42.2 Å². The molecule has 2 saturated heterocycles. The van der Waals surface area contributed by atoms with Gasteiger partial charge in [0.25, 0.3) is 11.7 Å². The van der Waals surface area contributed by atoms with Gasteiger partial charge in [-0.3, -0.25) is 19.7 Å². The highest BCUT2D eigenvalue weighted by molar-refractivity contribution is 6.03. The lowest BCUT2D eigenvalue weighted by molar-refractivity contribution is -0.137. The molecule has 12 nitrogen and oxygen atoms in total. The number of hydrogen-bond donors (Lipinski definition) is 2. The van der Waals surface area contributed by atoms with Crippen LogP contribution in [-0.2, 0) is 33.4 Å². The number of nitrogens with zero attached hydrogens (tertiary/aromatic N) is 6. The molecule has 5 heterocycles. The van der Waals surface area contributed by atoms with E-state index < -0.39 is 22.6 Å². The summed E-state index contributed by atoms with van der Waals surface area (Å²) in [6.45, 7) is 10.5. The topological polar surface area (TPSA) is 148 Å². The van der Waals surface area contributed by atoms with Crippen molar-refractivity contribution in [3.8, 4) is 11.3 Å². The molecule has 270 valence electrons. The molecule has 0 saturated carbocycles. The molecule has 0 bridgehead atoms. The zero-order valence-corrected chi connectivity index (χ0v) is 29.9. The lowest BCUT2D eigenvalue weighted by Gasteiger charge is -2.34. The lowest BCUT2D eigenvalue weighted by Crippen LogP contribution is -2.49. The maximum atomic E-state index is 15.3. The van der Waals surface area contributed by atoms with Gasteiger partial charge >= 0.3 is 0 Å². The molecule has 0 spiro atoms. The second-order valence-electron chi connectivity index (χ2n) is 15.1. The summed E-state index contributed by atoms with van der Waals surface area (Å²) in [5, 5.41) is 13.3. The van der Waals surface area contributed by atoms with Crippen molar-refractivity contribution in [2.75, 3.05) is 19.6 Å². The highest BCUT2D eigenvalue weighted by Gasteiger charge is 2.40. The van der Waals surface area contributed by atoms with Gasteiger partial charge in [-0.15, -0.1) is 0 Å². The van der Waals surface area contributed by atoms with Gasteiger partial charge in [0.1, 0.15) is 12.1 Å². The number of rotatable bonds is 9. The molecule has 3 amide bonds. The molecule has 5 aromatic rings. The summed E-state index contributed by atoms with van der Waals surface area (Å²) in [6, 6.07) is 15.3. The van der Waals surface area contributed by atoms with E-state index >= 15 is 4.39 Å². The lowest BCUT2D eigenvalue weighted by atomic mass is 9.75. The van der Waals surface area contributed by atoms with Crippen LogP contribution in [0.15, 0.2) is 65.6 Å². The van der Waals surface area contributed by atoms with Gasteiger partial charge in [0.15, 0.2) is 0 Å². The molecule has 2 fully saturated rings. The number of carbonyl (C=O) groups is 3. The number of amides is 3. The second kappa shape index (κ2) is 14.0. The molecule has 2 aromatic carbocycles. The van der Waals surface area contributed by atoms with Crippen LogP contribution >= 0.6 is 0 Å². The maximum absolute atomic E-state index is 15.3. The average molecular weight is 707 g/mol. The number of hydrogen-bond acceptors (Lipinski definition) is 9. The van der Waals surface area contributed by atoms with Crippen LogP contribution in [-0.4, -0.2) is 67.0 Å². The number of benzene rings is 2. The van der Waals surface area contributed by atoms with E-state index in [9.17, 15) is 14.4 Å². The third-order valence-electron chi connectivity index (χ3n) is 10.4. The second-order valence-corrected chi connectivity index (χ2v) is 15.1. The van der Waals surface area contributed by atoms with E-state index in [2.05, 4.69) is 66.1 Å². The third kappa shape index (κ3) is 7.22. The van der Waals surface area contributed by atoms with Gasteiger partial charge in [-0.1, -0.05) is 62.3 Å². The maximum Gasteiger partial charge on any atom is 0.292 e. The predicted molar refractivity (Wildman–Crippen MR) is 191 cm³/mol. The van der Waals surface area contributed by atoms with Crippen LogP contribution < -0.4 is 10.6 Å². The first kappa shape index (κ1) is 35.1. The van der Waals surface area contributed by atoms with Gasteiger partial charge in [0.2, 0.25) is 17.7 Å². The molecule has 13 heteroatoms. The monoisotopic (exact) mass is 706 g/mol. The van der Waals surface area contributed by atoms with Crippen molar-refractivity contribution < 1.29 is 23.3 Å². The molecule has 2 aliphatic rings. The Morgan fingerprint density at radius 3 is 2.56 bits per heavy atom. The van der Waals surface area contributed by atoms with Crippen LogP contribution in [0.2, 0.25) is 0 Å². The summed E-state index contributed by atoms with van der Waals surface area (Å²) in [4.78, 5) is 47.9. The minimum atomic E-state index is -0.678. The zero-order chi connectivity index (χ0) is 36.6. The van der Waals surface area contributed by atoms with Gasteiger partial charge in [0.05, 0.1) is 16.6 Å². The molecular formula is C39H43FN8O4. The fraction of sp³-hybridized carbons (Fsp3) is 0.410. The predicted octanol–water partition coefficient (Wildman–Crippen LogP) is 5.26. The molecular weight excluding hydrogens is 663 g/mol. The van der Waals surface area contributed by atoms with Gasteiger partial charge in [-0.2, -0.15) is 10.1 Å². The van der Waals surface area contributed by atoms with E-state index in [0.29, 0.717) is 41.5 Å². The number of imide groups is 1. The SMILES string of the molecule is CC(C)(C)c1nc(C(=O)NCc2ccc(-c3ncnn4cc(CCN5CCC(c6ccc(C7(C)CCC(=O)NC7=O)cc6)CC5)cc34)cc2F)no1. The standard InChI is InChI=1S/C39H43FN8O4/c1-38(2,3)37-45-34(46-52-37)35(50)41-21-28-6-5-27(20-30(28)40)33-31-19-24(22-48(31)43-23-42-33)12-16-47-17-13-26(14-18-47)25-7-9-29(10-8-25)39(4)15-11-32(49)44-36(39)51/h5-10,19-20,22-23,26H,11-18,21H2,1-4H3,(H,41,50)(H,44,49,51). The van der Waals surface area contributed by atoms with Crippen LogP contribution in [0.3, 0.4) is 0 Å². The summed E-state index contributed by atoms with van der Waals surface area (Å²) in [5.74, 6) is -0.710. The highest BCUT2D eigenvalue weighted by atomic mass is 19.1.